The molecule has 0 unspecified atom stereocenters. The third-order valence-electron chi connectivity index (χ3n) is 3.56. The Hall–Kier alpha value is -3.20. The number of para-hydroxylation sites is 1. The number of ether oxygens (including phenoxy) is 3. The molecule has 136 valence electrons. The van der Waals surface area contributed by atoms with Crippen LogP contribution in [0.5, 0.6) is 17.2 Å². The number of carbonyl (C=O) groups excluding carboxylic acids is 1. The standard InChI is InChI=1S/C20H22N2O4/c1-24-18-8-7-16(10-12-22-20(23)9-11-21)15-19(18)26-14-13-25-17-5-3-2-4-6-17/h2-8,15H,9-10,12-14H2,1H3,(H,22,23). The molecule has 2 rings (SSSR count). The lowest BCUT2D eigenvalue weighted by molar-refractivity contribution is -0.120. The fourth-order valence-corrected chi connectivity index (χ4v) is 2.30. The fourth-order valence-electron chi connectivity index (χ4n) is 2.30. The highest BCUT2D eigenvalue weighted by molar-refractivity contribution is 5.77. The molecular weight excluding hydrogens is 332 g/mol. The van der Waals surface area contributed by atoms with Gasteiger partial charge in [-0.05, 0) is 36.2 Å². The van der Waals surface area contributed by atoms with E-state index in [9.17, 15) is 4.79 Å². The first kappa shape index (κ1) is 19.1. The molecule has 2 aromatic rings. The zero-order valence-corrected chi connectivity index (χ0v) is 14.7. The van der Waals surface area contributed by atoms with Crippen molar-refractivity contribution in [3.63, 3.8) is 0 Å². The second kappa shape index (κ2) is 10.6. The molecule has 0 heterocycles. The number of carbonyl (C=O) groups is 1. The van der Waals surface area contributed by atoms with Crippen molar-refractivity contribution in [2.24, 2.45) is 0 Å². The van der Waals surface area contributed by atoms with E-state index in [2.05, 4.69) is 5.32 Å². The number of hydrogen-bond donors (Lipinski definition) is 1. The van der Waals surface area contributed by atoms with E-state index < -0.39 is 0 Å². The van der Waals surface area contributed by atoms with Crippen LogP contribution in [-0.4, -0.2) is 32.8 Å². The van der Waals surface area contributed by atoms with Gasteiger partial charge in [-0.1, -0.05) is 24.3 Å². The average molecular weight is 354 g/mol. The highest BCUT2D eigenvalue weighted by Crippen LogP contribution is 2.28. The molecule has 0 radical (unpaired) electrons. The van der Waals surface area contributed by atoms with Gasteiger partial charge in [-0.3, -0.25) is 4.79 Å². The van der Waals surface area contributed by atoms with Crippen LogP contribution in [0.4, 0.5) is 0 Å². The molecular formula is C20H22N2O4. The smallest absolute Gasteiger partial charge is 0.234 e. The van der Waals surface area contributed by atoms with Crippen molar-refractivity contribution in [2.45, 2.75) is 12.8 Å². The van der Waals surface area contributed by atoms with Gasteiger partial charge >= 0.3 is 0 Å². The lowest BCUT2D eigenvalue weighted by Gasteiger charge is -2.13. The lowest BCUT2D eigenvalue weighted by atomic mass is 10.1. The minimum Gasteiger partial charge on any atom is -0.493 e. The number of nitrogens with one attached hydrogen (secondary N) is 1. The lowest BCUT2D eigenvalue weighted by Crippen LogP contribution is -2.24. The minimum atomic E-state index is -0.268. The SMILES string of the molecule is COc1ccc(CCNC(=O)CC#N)cc1OCCOc1ccccc1. The topological polar surface area (TPSA) is 80.6 Å². The van der Waals surface area contributed by atoms with Gasteiger partial charge in [0.15, 0.2) is 11.5 Å². The van der Waals surface area contributed by atoms with Gasteiger partial charge in [0.2, 0.25) is 5.91 Å². The summed E-state index contributed by atoms with van der Waals surface area (Å²) in [4.78, 5) is 11.3. The first-order valence-electron chi connectivity index (χ1n) is 8.34. The Morgan fingerprint density at radius 1 is 1.08 bits per heavy atom. The molecule has 0 saturated carbocycles. The highest BCUT2D eigenvalue weighted by Gasteiger charge is 2.07. The normalized spacial score (nSPS) is 9.85. The van der Waals surface area contributed by atoms with Crippen LogP contribution in [0.3, 0.4) is 0 Å². The number of hydrogen-bond acceptors (Lipinski definition) is 5. The highest BCUT2D eigenvalue weighted by atomic mass is 16.5. The van der Waals surface area contributed by atoms with Gasteiger partial charge in [0.1, 0.15) is 25.4 Å². The zero-order chi connectivity index (χ0) is 18.6. The predicted octanol–water partition coefficient (Wildman–Crippen LogP) is 2.73. The minimum absolute atomic E-state index is 0.127. The number of benzene rings is 2. The molecule has 1 amide bonds. The van der Waals surface area contributed by atoms with E-state index in [0.29, 0.717) is 37.7 Å². The van der Waals surface area contributed by atoms with Crippen molar-refractivity contribution in [1.82, 2.24) is 5.32 Å². The Balaban J connectivity index is 1.84. The molecule has 26 heavy (non-hydrogen) atoms. The first-order chi connectivity index (χ1) is 12.7. The van der Waals surface area contributed by atoms with E-state index in [0.717, 1.165) is 11.3 Å². The molecule has 0 aliphatic carbocycles. The quantitative estimate of drug-likeness (QED) is 0.664. The van der Waals surface area contributed by atoms with Crippen LogP contribution in [0.25, 0.3) is 0 Å². The van der Waals surface area contributed by atoms with E-state index in [1.165, 1.54) is 0 Å². The van der Waals surface area contributed by atoms with Crippen molar-refractivity contribution in [1.29, 1.82) is 5.26 Å². The van der Waals surface area contributed by atoms with Crippen LogP contribution in [0.15, 0.2) is 48.5 Å². The number of nitriles is 1. The van der Waals surface area contributed by atoms with E-state index in [1.807, 2.05) is 54.6 Å². The van der Waals surface area contributed by atoms with E-state index in [-0.39, 0.29) is 12.3 Å². The Bertz CT molecular complexity index is 741. The molecule has 0 spiro atoms. The second-order valence-electron chi connectivity index (χ2n) is 5.43. The zero-order valence-electron chi connectivity index (χ0n) is 14.7. The van der Waals surface area contributed by atoms with Crippen molar-refractivity contribution in [3.8, 4) is 23.3 Å². The van der Waals surface area contributed by atoms with Crippen molar-refractivity contribution in [2.75, 3.05) is 26.9 Å². The van der Waals surface area contributed by atoms with E-state index >= 15 is 0 Å². The summed E-state index contributed by atoms with van der Waals surface area (Å²) in [6.07, 6.45) is 0.510. The third-order valence-corrected chi connectivity index (χ3v) is 3.56. The largest absolute Gasteiger partial charge is 0.493 e. The molecule has 6 nitrogen and oxygen atoms in total. The number of methoxy groups -OCH3 is 1. The summed E-state index contributed by atoms with van der Waals surface area (Å²) in [6, 6.07) is 17.0. The predicted molar refractivity (Wildman–Crippen MR) is 97.4 cm³/mol. The number of rotatable bonds is 10. The molecule has 0 saturated heterocycles. The Morgan fingerprint density at radius 3 is 2.58 bits per heavy atom. The number of amides is 1. The third kappa shape index (κ3) is 6.36. The molecule has 0 aliphatic heterocycles. The van der Waals surface area contributed by atoms with Crippen LogP contribution in [0.1, 0.15) is 12.0 Å². The summed E-state index contributed by atoms with van der Waals surface area (Å²) in [6.45, 7) is 1.26. The van der Waals surface area contributed by atoms with Crippen LogP contribution in [0.2, 0.25) is 0 Å². The maximum atomic E-state index is 11.3. The number of nitrogens with zero attached hydrogens (tertiary/aromatic N) is 1. The maximum Gasteiger partial charge on any atom is 0.234 e. The average Bonchev–Trinajstić information content (AvgIpc) is 2.66. The Labute approximate surface area is 153 Å². The van der Waals surface area contributed by atoms with Crippen molar-refractivity contribution in [3.05, 3.63) is 54.1 Å². The van der Waals surface area contributed by atoms with Crippen molar-refractivity contribution < 1.29 is 19.0 Å². The molecule has 2 aromatic carbocycles. The summed E-state index contributed by atoms with van der Waals surface area (Å²) >= 11 is 0. The summed E-state index contributed by atoms with van der Waals surface area (Å²) < 4.78 is 16.7. The van der Waals surface area contributed by atoms with Gasteiger partial charge in [-0.15, -0.1) is 0 Å². The molecule has 0 aliphatic rings. The van der Waals surface area contributed by atoms with E-state index in [4.69, 9.17) is 19.5 Å². The van der Waals surface area contributed by atoms with E-state index in [1.54, 1.807) is 7.11 Å². The van der Waals surface area contributed by atoms with Gasteiger partial charge in [-0.25, -0.2) is 0 Å². The Kier molecular flexibility index (Phi) is 7.81. The summed E-state index contributed by atoms with van der Waals surface area (Å²) in [5.41, 5.74) is 1.00. The maximum absolute atomic E-state index is 11.3. The molecule has 0 fully saturated rings. The van der Waals surface area contributed by atoms with Crippen LogP contribution < -0.4 is 19.5 Å². The van der Waals surface area contributed by atoms with Crippen LogP contribution in [0, 0.1) is 11.3 Å². The van der Waals surface area contributed by atoms with Gasteiger partial charge in [-0.2, -0.15) is 5.26 Å². The molecule has 1 N–H and O–H groups in total. The molecule has 6 heteroatoms. The Morgan fingerprint density at radius 2 is 1.85 bits per heavy atom. The monoisotopic (exact) mass is 354 g/mol. The van der Waals surface area contributed by atoms with Gasteiger partial charge in [0, 0.05) is 6.54 Å². The van der Waals surface area contributed by atoms with Gasteiger partial charge in [0.05, 0.1) is 13.2 Å². The molecule has 0 atom stereocenters. The van der Waals surface area contributed by atoms with Gasteiger partial charge < -0.3 is 19.5 Å². The summed E-state index contributed by atoms with van der Waals surface area (Å²) in [5, 5.41) is 11.2. The fraction of sp³-hybridized carbons (Fsp3) is 0.300. The van der Waals surface area contributed by atoms with Crippen LogP contribution in [-0.2, 0) is 11.2 Å². The summed E-state index contributed by atoms with van der Waals surface area (Å²) in [5.74, 6) is 1.80. The second-order valence-corrected chi connectivity index (χ2v) is 5.43. The van der Waals surface area contributed by atoms with Crippen LogP contribution >= 0.6 is 0 Å². The summed E-state index contributed by atoms with van der Waals surface area (Å²) in [7, 11) is 1.59. The first-order valence-corrected chi connectivity index (χ1v) is 8.34. The van der Waals surface area contributed by atoms with Gasteiger partial charge in [0.25, 0.3) is 0 Å². The molecule has 0 aromatic heterocycles. The van der Waals surface area contributed by atoms with Crippen molar-refractivity contribution >= 4 is 5.91 Å². The molecule has 0 bridgehead atoms.